The van der Waals surface area contributed by atoms with E-state index < -0.39 is 10.1 Å². The molecule has 0 saturated carbocycles. The first-order valence-corrected chi connectivity index (χ1v) is 20.9. The lowest BCUT2D eigenvalue weighted by atomic mass is 9.87. The van der Waals surface area contributed by atoms with Crippen LogP contribution in [0.5, 0.6) is 23.0 Å². The van der Waals surface area contributed by atoms with Gasteiger partial charge in [0.15, 0.2) is 5.75 Å². The molecule has 0 aliphatic carbocycles. The van der Waals surface area contributed by atoms with E-state index in [2.05, 4.69) is 30.7 Å². The van der Waals surface area contributed by atoms with Crippen LogP contribution in [0.4, 0.5) is 0 Å². The highest BCUT2D eigenvalue weighted by molar-refractivity contribution is 7.87. The van der Waals surface area contributed by atoms with Crippen LogP contribution in [-0.2, 0) is 28.7 Å². The van der Waals surface area contributed by atoms with Gasteiger partial charge in [0.05, 0.1) is 0 Å². The Balaban J connectivity index is 1.35. The molecule has 0 aliphatic rings. The van der Waals surface area contributed by atoms with E-state index in [4.69, 9.17) is 18.4 Å². The van der Waals surface area contributed by atoms with Gasteiger partial charge in [0.2, 0.25) is 0 Å². The first-order valence-electron chi connectivity index (χ1n) is 19.5. The molecule has 2 heterocycles. The number of ether oxygens (including phenoxy) is 3. The van der Waals surface area contributed by atoms with Crippen molar-refractivity contribution >= 4 is 10.1 Å². The Hall–Kier alpha value is -6.45. The lowest BCUT2D eigenvalue weighted by Gasteiger charge is -2.22. The van der Waals surface area contributed by atoms with Crippen LogP contribution in [-0.4, -0.2) is 24.0 Å². The summed E-state index contributed by atoms with van der Waals surface area (Å²) in [7, 11) is -4.26. The number of benzene rings is 5. The highest BCUT2D eigenvalue weighted by Gasteiger charge is 2.25. The fourth-order valence-electron chi connectivity index (χ4n) is 6.55. The largest absolute Gasteiger partial charge is 0.489 e. The third-order valence-electron chi connectivity index (χ3n) is 9.56. The van der Waals surface area contributed by atoms with Crippen LogP contribution < -0.4 is 18.4 Å². The smallest absolute Gasteiger partial charge is 0.339 e. The van der Waals surface area contributed by atoms with Crippen molar-refractivity contribution in [1.82, 2.24) is 9.97 Å². The topological polar surface area (TPSA) is 96.8 Å². The van der Waals surface area contributed by atoms with E-state index in [9.17, 15) is 8.42 Å². The number of hydrogen-bond acceptors (Lipinski definition) is 8. The molecule has 0 saturated heterocycles. The van der Waals surface area contributed by atoms with E-state index in [1.54, 1.807) is 43.0 Å². The monoisotopic (exact) mass is 804 g/mol. The molecule has 0 radical (unpaired) electrons. The van der Waals surface area contributed by atoms with E-state index in [0.29, 0.717) is 30.3 Å². The van der Waals surface area contributed by atoms with Crippen LogP contribution in [0.3, 0.4) is 0 Å². The van der Waals surface area contributed by atoms with Crippen LogP contribution in [0.15, 0.2) is 163 Å². The number of hydrogen-bond donors (Lipinski definition) is 0. The van der Waals surface area contributed by atoms with Crippen LogP contribution in [0.25, 0.3) is 33.4 Å². The van der Waals surface area contributed by atoms with E-state index in [1.165, 1.54) is 0 Å². The third-order valence-corrected chi connectivity index (χ3v) is 10.8. The van der Waals surface area contributed by atoms with Gasteiger partial charge in [-0.1, -0.05) is 69.3 Å². The number of pyridine rings is 2. The average Bonchev–Trinajstić information content (AvgIpc) is 3.22. The molecule has 2 aromatic heterocycles. The van der Waals surface area contributed by atoms with Gasteiger partial charge in [-0.15, -0.1) is 0 Å². The molecule has 0 aliphatic heterocycles. The normalized spacial score (nSPS) is 11.8. The molecule has 5 aromatic carbocycles. The highest BCUT2D eigenvalue weighted by Crippen LogP contribution is 2.47. The summed E-state index contributed by atoms with van der Waals surface area (Å²) in [6, 6.07) is 41.5. The maximum atomic E-state index is 14.1. The fraction of sp³-hybridized carbons (Fsp3) is 0.200. The summed E-state index contributed by atoms with van der Waals surface area (Å²) in [5, 5.41) is 0. The molecular formula is C50H48N2O6S. The average molecular weight is 805 g/mol. The summed E-state index contributed by atoms with van der Waals surface area (Å²) in [5.41, 5.74) is 7.20. The van der Waals surface area contributed by atoms with Crippen molar-refractivity contribution in [2.24, 2.45) is 0 Å². The van der Waals surface area contributed by atoms with Crippen LogP contribution >= 0.6 is 0 Å². The van der Waals surface area contributed by atoms with E-state index >= 15 is 0 Å². The van der Waals surface area contributed by atoms with Gasteiger partial charge in [0.1, 0.15) is 41.0 Å². The van der Waals surface area contributed by atoms with Crippen molar-refractivity contribution in [3.05, 3.63) is 175 Å². The third kappa shape index (κ3) is 10.4. The van der Waals surface area contributed by atoms with Gasteiger partial charge in [-0.3, -0.25) is 9.97 Å². The second kappa shape index (κ2) is 17.2. The molecule has 7 rings (SSSR count). The van der Waals surface area contributed by atoms with E-state index in [1.807, 2.05) is 136 Å². The molecule has 59 heavy (non-hydrogen) atoms. The van der Waals surface area contributed by atoms with E-state index in [0.717, 1.165) is 50.3 Å². The molecule has 300 valence electrons. The zero-order chi connectivity index (χ0) is 41.6. The predicted octanol–water partition coefficient (Wildman–Crippen LogP) is 11.9. The van der Waals surface area contributed by atoms with Crippen LogP contribution in [0.1, 0.15) is 58.2 Å². The number of nitrogens with zero attached hydrogens (tertiary/aromatic N) is 2. The molecule has 0 unspecified atom stereocenters. The minimum absolute atomic E-state index is 0.0621. The Morgan fingerprint density at radius 3 is 1.42 bits per heavy atom. The molecule has 0 fully saturated rings. The molecule has 0 spiro atoms. The van der Waals surface area contributed by atoms with Gasteiger partial charge in [0, 0.05) is 35.9 Å². The lowest BCUT2D eigenvalue weighted by Crippen LogP contribution is -2.22. The minimum atomic E-state index is -4.26. The molecule has 0 N–H and O–H groups in total. The van der Waals surface area contributed by atoms with E-state index in [-0.39, 0.29) is 21.7 Å². The lowest BCUT2D eigenvalue weighted by molar-refractivity contribution is 0.131. The Morgan fingerprint density at radius 1 is 0.492 bits per heavy atom. The first-order chi connectivity index (χ1) is 28.2. The Labute approximate surface area is 347 Å². The maximum absolute atomic E-state index is 14.1. The van der Waals surface area contributed by atoms with Crippen LogP contribution in [0, 0.1) is 0 Å². The molecule has 7 aromatic rings. The molecule has 0 atom stereocenters. The summed E-state index contributed by atoms with van der Waals surface area (Å²) in [6.45, 7) is 13.0. The SMILES string of the molecule is CC(C)(C)Oc1ccc(-c2ccc(OS(=O)(=O)c3ccc(C(C)(C)C)cc3)c(-c3ccc(OCc4ccncc4)cc3)c2-c2ccc(OCc3ccncc3)cc2)cc1. The molecule has 0 amide bonds. The predicted molar refractivity (Wildman–Crippen MR) is 233 cm³/mol. The maximum Gasteiger partial charge on any atom is 0.339 e. The summed E-state index contributed by atoms with van der Waals surface area (Å²) >= 11 is 0. The number of aromatic nitrogens is 2. The van der Waals surface area contributed by atoms with Crippen molar-refractivity contribution in [3.8, 4) is 56.4 Å². The quantitative estimate of drug-likeness (QED) is 0.106. The molecule has 0 bridgehead atoms. The Morgan fingerprint density at radius 2 is 0.949 bits per heavy atom. The molecule has 8 nitrogen and oxygen atoms in total. The zero-order valence-corrected chi connectivity index (χ0v) is 35.0. The van der Waals surface area contributed by atoms with Crippen molar-refractivity contribution in [1.29, 1.82) is 0 Å². The summed E-state index contributed by atoms with van der Waals surface area (Å²) in [4.78, 5) is 8.25. The Kier molecular flexibility index (Phi) is 11.9. The summed E-state index contributed by atoms with van der Waals surface area (Å²) < 4.78 is 52.8. The van der Waals surface area contributed by atoms with Gasteiger partial charge in [-0.2, -0.15) is 8.42 Å². The Bertz CT molecular complexity index is 2580. The fourth-order valence-corrected chi connectivity index (χ4v) is 7.49. The summed E-state index contributed by atoms with van der Waals surface area (Å²) in [6.07, 6.45) is 6.94. The molecular weight excluding hydrogens is 757 g/mol. The van der Waals surface area contributed by atoms with Crippen LogP contribution in [0.2, 0.25) is 0 Å². The van der Waals surface area contributed by atoms with Gasteiger partial charge < -0.3 is 18.4 Å². The van der Waals surface area contributed by atoms with Crippen molar-refractivity contribution < 1.29 is 26.8 Å². The second-order valence-corrected chi connectivity index (χ2v) is 17.8. The number of rotatable bonds is 13. The van der Waals surface area contributed by atoms with Crippen molar-refractivity contribution in [2.45, 2.75) is 70.7 Å². The highest BCUT2D eigenvalue weighted by atomic mass is 32.2. The standard InChI is InChI=1S/C50H48N2O6S/c1-49(2,3)40-13-21-44(22-14-40)59(53,54)58-46-24-23-45(37-7-19-43(20-8-37)57-50(4,5)6)47(38-9-15-41(16-10-38)55-33-35-25-29-51-30-26-35)48(46)39-11-17-42(18-12-39)56-34-36-27-31-52-32-28-36/h7-32H,33-34H2,1-6H3. The molecule has 9 heteroatoms. The van der Waals surface area contributed by atoms with Gasteiger partial charge in [0.25, 0.3) is 0 Å². The second-order valence-electron chi connectivity index (χ2n) is 16.2. The van der Waals surface area contributed by atoms with Gasteiger partial charge in [-0.05, 0) is 150 Å². The van der Waals surface area contributed by atoms with Crippen molar-refractivity contribution in [2.75, 3.05) is 0 Å². The van der Waals surface area contributed by atoms with Crippen molar-refractivity contribution in [3.63, 3.8) is 0 Å². The zero-order valence-electron chi connectivity index (χ0n) is 34.2. The summed E-state index contributed by atoms with van der Waals surface area (Å²) in [5.74, 6) is 2.26. The first kappa shape index (κ1) is 40.7. The van der Waals surface area contributed by atoms with Gasteiger partial charge >= 0.3 is 10.1 Å². The minimum Gasteiger partial charge on any atom is -0.489 e. The van der Waals surface area contributed by atoms with Gasteiger partial charge in [-0.25, -0.2) is 0 Å².